The Hall–Kier alpha value is -3.66. The molecule has 1 fully saturated rings. The van der Waals surface area contributed by atoms with Gasteiger partial charge in [0.05, 0.1) is 16.8 Å². The molecular weight excluding hydrogens is 494 g/mol. The Morgan fingerprint density at radius 3 is 2.18 bits per heavy atom. The number of hydrogen-bond acceptors (Lipinski definition) is 6. The minimum atomic E-state index is -0.850. The third kappa shape index (κ3) is 4.34. The molecule has 33 heavy (non-hydrogen) atoms. The lowest BCUT2D eigenvalue weighted by Crippen LogP contribution is -2.52. The minimum absolute atomic E-state index is 0.110. The van der Waals surface area contributed by atoms with Crippen molar-refractivity contribution in [3.8, 4) is 0 Å². The minimum Gasteiger partial charge on any atom is -0.292 e. The number of ketones is 1. The average Bonchev–Trinajstić information content (AvgIpc) is 3.07. The summed E-state index contributed by atoms with van der Waals surface area (Å²) in [6.07, 6.45) is 4.36. The van der Waals surface area contributed by atoms with E-state index in [4.69, 9.17) is 0 Å². The van der Waals surface area contributed by atoms with E-state index >= 15 is 0 Å². The van der Waals surface area contributed by atoms with E-state index in [1.54, 1.807) is 24.3 Å². The SMILES string of the molecule is O=C(CN(C(=O)c1cccc([N+](=O)[O-])c1)N1C(=O)[C@H]2CC=CC[C@H]2C1=O)c1ccc(Br)cc1. The number of non-ortho nitro benzene ring substituents is 1. The van der Waals surface area contributed by atoms with Crippen LogP contribution in [-0.2, 0) is 9.59 Å². The van der Waals surface area contributed by atoms with Crippen molar-refractivity contribution in [2.75, 3.05) is 6.54 Å². The summed E-state index contributed by atoms with van der Waals surface area (Å²) in [6.45, 7) is -0.576. The van der Waals surface area contributed by atoms with Crippen molar-refractivity contribution in [2.45, 2.75) is 12.8 Å². The zero-order chi connectivity index (χ0) is 23.7. The highest BCUT2D eigenvalue weighted by atomic mass is 79.9. The predicted octanol–water partition coefficient (Wildman–Crippen LogP) is 3.55. The second-order valence-electron chi connectivity index (χ2n) is 7.74. The average molecular weight is 512 g/mol. The van der Waals surface area contributed by atoms with Crippen LogP contribution in [-0.4, -0.2) is 45.0 Å². The van der Waals surface area contributed by atoms with E-state index in [9.17, 15) is 29.3 Å². The number of allylic oxidation sites excluding steroid dienone is 2. The van der Waals surface area contributed by atoms with E-state index in [1.165, 1.54) is 18.2 Å². The molecule has 0 N–H and O–H groups in total. The molecule has 4 rings (SSSR count). The second-order valence-corrected chi connectivity index (χ2v) is 8.66. The Balaban J connectivity index is 1.71. The van der Waals surface area contributed by atoms with Crippen molar-refractivity contribution >= 4 is 45.1 Å². The molecule has 2 atom stereocenters. The molecule has 168 valence electrons. The van der Waals surface area contributed by atoms with Crippen molar-refractivity contribution < 1.29 is 24.1 Å². The number of rotatable bonds is 6. The van der Waals surface area contributed by atoms with Crippen LogP contribution < -0.4 is 0 Å². The first kappa shape index (κ1) is 22.5. The Bertz CT molecular complexity index is 1170. The van der Waals surface area contributed by atoms with Crippen LogP contribution >= 0.6 is 15.9 Å². The number of imide groups is 1. The van der Waals surface area contributed by atoms with Gasteiger partial charge in [0.2, 0.25) is 0 Å². The van der Waals surface area contributed by atoms with Gasteiger partial charge in [0.15, 0.2) is 5.78 Å². The summed E-state index contributed by atoms with van der Waals surface area (Å²) in [5, 5.41) is 12.7. The molecule has 9 nitrogen and oxygen atoms in total. The number of carbonyl (C=O) groups is 4. The van der Waals surface area contributed by atoms with Gasteiger partial charge in [-0.15, -0.1) is 0 Å². The zero-order valence-electron chi connectivity index (χ0n) is 17.2. The summed E-state index contributed by atoms with van der Waals surface area (Å²) in [5.74, 6) is -3.67. The van der Waals surface area contributed by atoms with E-state index in [1.807, 2.05) is 12.2 Å². The first-order valence-electron chi connectivity index (χ1n) is 10.2. The molecule has 1 saturated heterocycles. The van der Waals surface area contributed by atoms with Crippen LogP contribution in [0.15, 0.2) is 65.2 Å². The number of nitro benzene ring substituents is 1. The Labute approximate surface area is 196 Å². The van der Waals surface area contributed by atoms with Gasteiger partial charge in [0.1, 0.15) is 6.54 Å². The van der Waals surface area contributed by atoms with Gasteiger partial charge in [-0.1, -0.05) is 46.3 Å². The molecule has 0 aromatic heterocycles. The number of fused-ring (bicyclic) bond motifs is 1. The lowest BCUT2D eigenvalue weighted by atomic mass is 9.85. The van der Waals surface area contributed by atoms with Crippen molar-refractivity contribution in [1.82, 2.24) is 10.0 Å². The van der Waals surface area contributed by atoms with Crippen LogP contribution in [0.5, 0.6) is 0 Å². The molecule has 0 saturated carbocycles. The van der Waals surface area contributed by atoms with Crippen LogP contribution in [0.2, 0.25) is 0 Å². The number of nitrogens with zero attached hydrogens (tertiary/aromatic N) is 3. The molecule has 3 amide bonds. The van der Waals surface area contributed by atoms with Crippen molar-refractivity contribution in [3.05, 3.63) is 86.4 Å². The van der Waals surface area contributed by atoms with E-state index in [0.29, 0.717) is 12.8 Å². The monoisotopic (exact) mass is 511 g/mol. The number of nitro groups is 1. The predicted molar refractivity (Wildman–Crippen MR) is 120 cm³/mol. The van der Waals surface area contributed by atoms with Gasteiger partial charge in [0.25, 0.3) is 23.4 Å². The number of amides is 3. The maximum absolute atomic E-state index is 13.4. The van der Waals surface area contributed by atoms with E-state index in [2.05, 4.69) is 15.9 Å². The van der Waals surface area contributed by atoms with Crippen molar-refractivity contribution in [3.63, 3.8) is 0 Å². The summed E-state index contributed by atoms with van der Waals surface area (Å²) in [5.41, 5.74) is -0.147. The fourth-order valence-corrected chi connectivity index (χ4v) is 4.28. The summed E-state index contributed by atoms with van der Waals surface area (Å²) in [6, 6.07) is 11.4. The van der Waals surface area contributed by atoms with Gasteiger partial charge in [-0.05, 0) is 31.0 Å². The maximum atomic E-state index is 13.4. The molecule has 0 spiro atoms. The molecule has 1 heterocycles. The lowest BCUT2D eigenvalue weighted by Gasteiger charge is -2.30. The van der Waals surface area contributed by atoms with E-state index < -0.39 is 46.8 Å². The van der Waals surface area contributed by atoms with E-state index in [0.717, 1.165) is 20.6 Å². The number of carbonyl (C=O) groups excluding carboxylic acids is 4. The van der Waals surface area contributed by atoms with Gasteiger partial charge in [0, 0.05) is 27.7 Å². The van der Waals surface area contributed by atoms with Crippen LogP contribution in [0.4, 0.5) is 5.69 Å². The van der Waals surface area contributed by atoms with Crippen LogP contribution in [0, 0.1) is 22.0 Å². The van der Waals surface area contributed by atoms with Crippen LogP contribution in [0.1, 0.15) is 33.6 Å². The third-order valence-electron chi connectivity index (χ3n) is 5.72. The van der Waals surface area contributed by atoms with Gasteiger partial charge >= 0.3 is 0 Å². The Kier molecular flexibility index (Phi) is 6.19. The number of hydrogen-bond donors (Lipinski definition) is 0. The van der Waals surface area contributed by atoms with Crippen LogP contribution in [0.3, 0.4) is 0 Å². The topological polar surface area (TPSA) is 118 Å². The molecule has 1 aliphatic heterocycles. The summed E-state index contributed by atoms with van der Waals surface area (Å²) < 4.78 is 0.755. The Morgan fingerprint density at radius 1 is 1.00 bits per heavy atom. The molecule has 2 aliphatic rings. The highest BCUT2D eigenvalue weighted by Crippen LogP contribution is 2.36. The smallest absolute Gasteiger partial charge is 0.273 e. The van der Waals surface area contributed by atoms with Gasteiger partial charge in [-0.2, -0.15) is 5.01 Å². The van der Waals surface area contributed by atoms with Crippen LogP contribution in [0.25, 0.3) is 0 Å². The molecule has 10 heteroatoms. The molecular formula is C23H18BrN3O6. The largest absolute Gasteiger partial charge is 0.292 e. The summed E-state index contributed by atoms with van der Waals surface area (Å²) in [4.78, 5) is 63.1. The number of halogens is 1. The molecule has 0 bridgehead atoms. The highest BCUT2D eigenvalue weighted by Gasteiger charge is 2.51. The highest BCUT2D eigenvalue weighted by molar-refractivity contribution is 9.10. The lowest BCUT2D eigenvalue weighted by molar-refractivity contribution is -0.384. The standard InChI is InChI=1S/C23H18BrN3O6/c24-16-10-8-14(9-11-16)20(28)13-25(21(29)15-4-3-5-17(12-15)27(32)33)26-22(30)18-6-1-2-7-19(18)23(26)31/h1-5,8-12,18-19H,6-7,13H2/t18-,19+. The Morgan fingerprint density at radius 2 is 1.61 bits per heavy atom. The van der Waals surface area contributed by atoms with Crippen molar-refractivity contribution in [1.29, 1.82) is 0 Å². The molecule has 1 aliphatic carbocycles. The fourth-order valence-electron chi connectivity index (χ4n) is 4.02. The number of benzene rings is 2. The summed E-state index contributed by atoms with van der Waals surface area (Å²) in [7, 11) is 0. The first-order chi connectivity index (χ1) is 15.8. The zero-order valence-corrected chi connectivity index (χ0v) is 18.8. The quantitative estimate of drug-likeness (QED) is 0.192. The molecule has 0 radical (unpaired) electrons. The van der Waals surface area contributed by atoms with Gasteiger partial charge < -0.3 is 0 Å². The third-order valence-corrected chi connectivity index (χ3v) is 6.25. The summed E-state index contributed by atoms with van der Waals surface area (Å²) >= 11 is 3.29. The fraction of sp³-hybridized carbons (Fsp3) is 0.217. The molecule has 0 unspecified atom stereocenters. The maximum Gasteiger partial charge on any atom is 0.273 e. The van der Waals surface area contributed by atoms with Gasteiger partial charge in [-0.3, -0.25) is 29.3 Å². The van der Waals surface area contributed by atoms with Gasteiger partial charge in [-0.25, -0.2) is 5.01 Å². The number of hydrazine groups is 1. The van der Waals surface area contributed by atoms with E-state index in [-0.39, 0.29) is 16.8 Å². The second kappa shape index (κ2) is 9.07. The number of Topliss-reactive ketones (excluding diaryl/α,β-unsaturated/α-hetero) is 1. The molecule has 2 aromatic rings. The normalized spacial score (nSPS) is 19.4. The first-order valence-corrected chi connectivity index (χ1v) is 10.9. The molecule has 2 aromatic carbocycles. The van der Waals surface area contributed by atoms with Crippen molar-refractivity contribution in [2.24, 2.45) is 11.8 Å².